The second-order valence-electron chi connectivity index (χ2n) is 5.85. The van der Waals surface area contributed by atoms with Gasteiger partial charge in [0, 0.05) is 12.3 Å². The monoisotopic (exact) mass is 254 g/mol. The third-order valence-corrected chi connectivity index (χ3v) is 3.54. The number of aliphatic hydroxyl groups is 1. The van der Waals surface area contributed by atoms with Crippen LogP contribution in [0.3, 0.4) is 0 Å². The highest BCUT2D eigenvalue weighted by Gasteiger charge is 2.17. The molecule has 1 nitrogen and oxygen atoms in total. The molecule has 0 aliphatic carbocycles. The van der Waals surface area contributed by atoms with Crippen molar-refractivity contribution >= 4 is 11.6 Å². The van der Waals surface area contributed by atoms with Gasteiger partial charge in [0.2, 0.25) is 0 Å². The van der Waals surface area contributed by atoms with E-state index in [1.807, 2.05) is 0 Å². The largest absolute Gasteiger partial charge is 0.392 e. The minimum Gasteiger partial charge on any atom is -0.392 e. The summed E-state index contributed by atoms with van der Waals surface area (Å²) < 4.78 is 0. The molecule has 1 unspecified atom stereocenters. The Balaban J connectivity index is 3.11. The molecule has 1 N–H and O–H groups in total. The van der Waals surface area contributed by atoms with Crippen molar-refractivity contribution in [1.29, 1.82) is 0 Å². The molecule has 0 fully saturated rings. The number of hydrogen-bond acceptors (Lipinski definition) is 1. The first kappa shape index (κ1) is 14.5. The Morgan fingerprint density at radius 2 is 1.65 bits per heavy atom. The highest BCUT2D eigenvalue weighted by Crippen LogP contribution is 2.27. The van der Waals surface area contributed by atoms with Crippen LogP contribution in [0.1, 0.15) is 43.0 Å². The summed E-state index contributed by atoms with van der Waals surface area (Å²) in [4.78, 5) is 0. The van der Waals surface area contributed by atoms with E-state index in [2.05, 4.69) is 46.8 Å². The van der Waals surface area contributed by atoms with Crippen molar-refractivity contribution in [3.63, 3.8) is 0 Å². The lowest BCUT2D eigenvalue weighted by molar-refractivity contribution is 0.198. The van der Waals surface area contributed by atoms with Crippen LogP contribution in [0.5, 0.6) is 0 Å². The van der Waals surface area contributed by atoms with E-state index in [4.69, 9.17) is 11.6 Å². The van der Waals surface area contributed by atoms with Crippen LogP contribution in [0.2, 0.25) is 0 Å². The summed E-state index contributed by atoms with van der Waals surface area (Å²) in [6.07, 6.45) is 0.195. The van der Waals surface area contributed by atoms with Gasteiger partial charge in [-0.15, -0.1) is 11.6 Å². The van der Waals surface area contributed by atoms with E-state index in [-0.39, 0.29) is 5.41 Å². The Labute approximate surface area is 110 Å². The highest BCUT2D eigenvalue weighted by molar-refractivity contribution is 6.18. The standard InChI is InChI=1S/C15H23ClO/c1-10-6-12(15(3,4)5)7-11(2)14(10)8-13(17)9-16/h6-7,13,17H,8-9H2,1-5H3. The van der Waals surface area contributed by atoms with Crippen molar-refractivity contribution in [2.45, 2.75) is 52.6 Å². The van der Waals surface area contributed by atoms with Gasteiger partial charge >= 0.3 is 0 Å². The molecule has 96 valence electrons. The SMILES string of the molecule is Cc1cc(C(C)(C)C)cc(C)c1CC(O)CCl. The summed E-state index contributed by atoms with van der Waals surface area (Å²) in [5.41, 5.74) is 5.24. The predicted molar refractivity (Wildman–Crippen MR) is 75.0 cm³/mol. The minimum atomic E-state index is -0.449. The Morgan fingerprint density at radius 1 is 1.18 bits per heavy atom. The van der Waals surface area contributed by atoms with Gasteiger partial charge in [0.05, 0.1) is 6.10 Å². The third-order valence-electron chi connectivity index (χ3n) is 3.18. The summed E-state index contributed by atoms with van der Waals surface area (Å²) >= 11 is 5.66. The number of rotatable bonds is 3. The quantitative estimate of drug-likeness (QED) is 0.815. The summed E-state index contributed by atoms with van der Waals surface area (Å²) in [6.45, 7) is 10.9. The lowest BCUT2D eigenvalue weighted by Gasteiger charge is -2.23. The molecule has 0 spiro atoms. The Hall–Kier alpha value is -0.530. The second kappa shape index (κ2) is 5.41. The third kappa shape index (κ3) is 3.72. The number of hydrogen-bond donors (Lipinski definition) is 1. The molecule has 0 aliphatic rings. The Kier molecular flexibility index (Phi) is 4.62. The molecule has 17 heavy (non-hydrogen) atoms. The van der Waals surface area contributed by atoms with E-state index < -0.39 is 6.10 Å². The summed E-state index contributed by atoms with van der Waals surface area (Å²) in [6, 6.07) is 4.45. The zero-order chi connectivity index (χ0) is 13.2. The number of aliphatic hydroxyl groups excluding tert-OH is 1. The molecule has 1 aromatic rings. The molecular formula is C15H23ClO. The number of aryl methyl sites for hydroxylation is 2. The first-order valence-corrected chi connectivity index (χ1v) is 6.63. The van der Waals surface area contributed by atoms with Gasteiger partial charge in [0.25, 0.3) is 0 Å². The topological polar surface area (TPSA) is 20.2 Å². The van der Waals surface area contributed by atoms with Gasteiger partial charge in [0.1, 0.15) is 0 Å². The van der Waals surface area contributed by atoms with Crippen molar-refractivity contribution in [3.05, 3.63) is 34.4 Å². The van der Waals surface area contributed by atoms with E-state index in [9.17, 15) is 5.11 Å². The number of halogens is 1. The summed E-state index contributed by atoms with van der Waals surface area (Å²) in [5.74, 6) is 0.292. The molecule has 1 aromatic carbocycles. The molecule has 1 atom stereocenters. The van der Waals surface area contributed by atoms with E-state index in [0.29, 0.717) is 12.3 Å². The molecule has 0 amide bonds. The lowest BCUT2D eigenvalue weighted by Crippen LogP contribution is -2.16. The summed E-state index contributed by atoms with van der Waals surface area (Å²) in [5, 5.41) is 9.66. The zero-order valence-electron chi connectivity index (χ0n) is 11.5. The molecule has 0 saturated carbocycles. The van der Waals surface area contributed by atoms with Crippen molar-refractivity contribution in [1.82, 2.24) is 0 Å². The van der Waals surface area contributed by atoms with Crippen LogP contribution in [-0.2, 0) is 11.8 Å². The van der Waals surface area contributed by atoms with Crippen LogP contribution >= 0.6 is 11.6 Å². The van der Waals surface area contributed by atoms with E-state index in [1.165, 1.54) is 22.3 Å². The Morgan fingerprint density at radius 3 is 2.00 bits per heavy atom. The van der Waals surface area contributed by atoms with Crippen LogP contribution in [0, 0.1) is 13.8 Å². The van der Waals surface area contributed by atoms with Gasteiger partial charge in [0.15, 0.2) is 0 Å². The normalized spacial score (nSPS) is 13.8. The molecular weight excluding hydrogens is 232 g/mol. The van der Waals surface area contributed by atoms with Crippen LogP contribution in [-0.4, -0.2) is 17.1 Å². The van der Waals surface area contributed by atoms with Gasteiger partial charge < -0.3 is 5.11 Å². The predicted octanol–water partition coefficient (Wildman–Crippen LogP) is 3.74. The fraction of sp³-hybridized carbons (Fsp3) is 0.600. The molecule has 1 rings (SSSR count). The van der Waals surface area contributed by atoms with Crippen molar-refractivity contribution in [2.24, 2.45) is 0 Å². The molecule has 0 bridgehead atoms. The van der Waals surface area contributed by atoms with E-state index >= 15 is 0 Å². The minimum absolute atomic E-state index is 0.166. The van der Waals surface area contributed by atoms with Gasteiger partial charge in [-0.2, -0.15) is 0 Å². The second-order valence-corrected chi connectivity index (χ2v) is 6.16. The van der Waals surface area contributed by atoms with Crippen molar-refractivity contribution in [3.8, 4) is 0 Å². The van der Waals surface area contributed by atoms with Crippen LogP contribution in [0.25, 0.3) is 0 Å². The van der Waals surface area contributed by atoms with Crippen molar-refractivity contribution < 1.29 is 5.11 Å². The lowest BCUT2D eigenvalue weighted by atomic mass is 9.83. The molecule has 0 aromatic heterocycles. The first-order chi connectivity index (χ1) is 7.75. The fourth-order valence-electron chi connectivity index (χ4n) is 2.04. The molecule has 0 radical (unpaired) electrons. The van der Waals surface area contributed by atoms with Gasteiger partial charge in [-0.25, -0.2) is 0 Å². The molecule has 2 heteroatoms. The highest BCUT2D eigenvalue weighted by atomic mass is 35.5. The first-order valence-electron chi connectivity index (χ1n) is 6.10. The maximum atomic E-state index is 9.66. The maximum Gasteiger partial charge on any atom is 0.0715 e. The molecule has 0 heterocycles. The van der Waals surface area contributed by atoms with Gasteiger partial charge in [-0.05, 0) is 41.5 Å². The Bertz CT molecular complexity index is 367. The average Bonchev–Trinajstić information content (AvgIpc) is 2.21. The summed E-state index contributed by atoms with van der Waals surface area (Å²) in [7, 11) is 0. The van der Waals surface area contributed by atoms with Crippen LogP contribution in [0.4, 0.5) is 0 Å². The van der Waals surface area contributed by atoms with E-state index in [0.717, 1.165) is 0 Å². The maximum absolute atomic E-state index is 9.66. The van der Waals surface area contributed by atoms with Gasteiger partial charge in [-0.3, -0.25) is 0 Å². The van der Waals surface area contributed by atoms with Gasteiger partial charge in [-0.1, -0.05) is 32.9 Å². The average molecular weight is 255 g/mol. The number of alkyl halides is 1. The van der Waals surface area contributed by atoms with E-state index in [1.54, 1.807) is 0 Å². The fourth-order valence-corrected chi connectivity index (χ4v) is 2.15. The number of benzene rings is 1. The zero-order valence-corrected chi connectivity index (χ0v) is 12.2. The smallest absolute Gasteiger partial charge is 0.0715 e. The van der Waals surface area contributed by atoms with Crippen LogP contribution < -0.4 is 0 Å². The van der Waals surface area contributed by atoms with Crippen molar-refractivity contribution in [2.75, 3.05) is 5.88 Å². The molecule has 0 saturated heterocycles. The van der Waals surface area contributed by atoms with Crippen LogP contribution in [0.15, 0.2) is 12.1 Å². The molecule has 0 aliphatic heterocycles.